The van der Waals surface area contributed by atoms with Crippen molar-refractivity contribution in [3.8, 4) is 0 Å². The number of carbonyl (C=O) groups is 2. The molecule has 1 unspecified atom stereocenters. The van der Waals surface area contributed by atoms with E-state index in [2.05, 4.69) is 10.6 Å². The van der Waals surface area contributed by atoms with Crippen LogP contribution in [0, 0.1) is 0 Å². The molecule has 1 atom stereocenters. The number of amides is 1. The van der Waals surface area contributed by atoms with Crippen LogP contribution < -0.4 is 10.6 Å². The maximum absolute atomic E-state index is 11.8. The Balaban J connectivity index is 1.90. The summed E-state index contributed by atoms with van der Waals surface area (Å²) in [4.78, 5) is 22.6. The van der Waals surface area contributed by atoms with Gasteiger partial charge >= 0.3 is 5.97 Å². The maximum atomic E-state index is 11.8. The molecule has 19 heavy (non-hydrogen) atoms. The van der Waals surface area contributed by atoms with E-state index in [9.17, 15) is 9.59 Å². The summed E-state index contributed by atoms with van der Waals surface area (Å²) in [5, 5.41) is 14.7. The summed E-state index contributed by atoms with van der Waals surface area (Å²) >= 11 is 0. The predicted molar refractivity (Wildman–Crippen MR) is 69.3 cm³/mol. The van der Waals surface area contributed by atoms with Gasteiger partial charge in [0.1, 0.15) is 0 Å². The molecule has 0 bridgehead atoms. The Labute approximate surface area is 110 Å². The Morgan fingerprint density at radius 2 is 2.32 bits per heavy atom. The zero-order chi connectivity index (χ0) is 13.7. The topological polar surface area (TPSA) is 87.7 Å². The fraction of sp³-hybridized carbons (Fsp3) is 0.385. The van der Waals surface area contributed by atoms with Gasteiger partial charge in [0.25, 0.3) is 0 Å². The molecule has 1 heterocycles. The fourth-order valence-corrected chi connectivity index (χ4v) is 1.92. The van der Waals surface area contributed by atoms with Crippen molar-refractivity contribution < 1.29 is 19.4 Å². The van der Waals surface area contributed by atoms with E-state index in [1.54, 1.807) is 12.1 Å². The number of carboxylic acid groups (broad SMARTS) is 1. The van der Waals surface area contributed by atoms with Crippen LogP contribution in [-0.2, 0) is 9.53 Å². The third kappa shape index (κ3) is 4.04. The van der Waals surface area contributed by atoms with Crippen molar-refractivity contribution in [2.24, 2.45) is 0 Å². The van der Waals surface area contributed by atoms with Crippen molar-refractivity contribution in [3.05, 3.63) is 29.8 Å². The third-order valence-corrected chi connectivity index (χ3v) is 2.82. The zero-order valence-corrected chi connectivity index (χ0v) is 10.4. The molecular weight excluding hydrogens is 248 g/mol. The molecule has 0 aliphatic carbocycles. The van der Waals surface area contributed by atoms with E-state index in [4.69, 9.17) is 9.84 Å². The highest BCUT2D eigenvalue weighted by molar-refractivity contribution is 5.94. The lowest BCUT2D eigenvalue weighted by molar-refractivity contribution is -0.117. The van der Waals surface area contributed by atoms with Crippen LogP contribution in [0.2, 0.25) is 0 Å². The van der Waals surface area contributed by atoms with Crippen LogP contribution in [0.4, 0.5) is 5.69 Å². The Hall–Kier alpha value is -1.92. The van der Waals surface area contributed by atoms with Gasteiger partial charge in [0.2, 0.25) is 5.91 Å². The first-order chi connectivity index (χ1) is 9.15. The number of anilines is 1. The smallest absolute Gasteiger partial charge is 0.335 e. The molecule has 102 valence electrons. The van der Waals surface area contributed by atoms with E-state index in [0.717, 1.165) is 6.54 Å². The summed E-state index contributed by atoms with van der Waals surface area (Å²) in [6.07, 6.45) is 0.303. The SMILES string of the molecule is O=C(CC1COCCN1)Nc1cccc(C(=O)O)c1. The van der Waals surface area contributed by atoms with E-state index in [0.29, 0.717) is 25.3 Å². The molecule has 1 aromatic carbocycles. The molecule has 0 spiro atoms. The molecule has 6 heteroatoms. The quantitative estimate of drug-likeness (QED) is 0.745. The van der Waals surface area contributed by atoms with Gasteiger partial charge in [-0.2, -0.15) is 0 Å². The molecule has 0 radical (unpaired) electrons. The lowest BCUT2D eigenvalue weighted by Crippen LogP contribution is -2.43. The molecule has 1 amide bonds. The second-order valence-electron chi connectivity index (χ2n) is 4.36. The van der Waals surface area contributed by atoms with Crippen LogP contribution in [0.25, 0.3) is 0 Å². The van der Waals surface area contributed by atoms with Gasteiger partial charge in [-0.15, -0.1) is 0 Å². The Kier molecular flexibility index (Phi) is 4.48. The second kappa shape index (κ2) is 6.31. The molecular formula is C13H16N2O4. The molecule has 3 N–H and O–H groups in total. The summed E-state index contributed by atoms with van der Waals surface area (Å²) in [5.41, 5.74) is 0.638. The Morgan fingerprint density at radius 3 is 3.00 bits per heavy atom. The Morgan fingerprint density at radius 1 is 1.47 bits per heavy atom. The number of hydrogen-bond donors (Lipinski definition) is 3. The highest BCUT2D eigenvalue weighted by Gasteiger charge is 2.17. The highest BCUT2D eigenvalue weighted by Crippen LogP contribution is 2.11. The summed E-state index contributed by atoms with van der Waals surface area (Å²) in [7, 11) is 0. The average molecular weight is 264 g/mol. The van der Waals surface area contributed by atoms with Gasteiger partial charge in [-0.25, -0.2) is 4.79 Å². The highest BCUT2D eigenvalue weighted by atomic mass is 16.5. The lowest BCUT2D eigenvalue weighted by Gasteiger charge is -2.23. The number of morpholine rings is 1. The monoisotopic (exact) mass is 264 g/mol. The van der Waals surface area contributed by atoms with Crippen molar-refractivity contribution in [2.45, 2.75) is 12.5 Å². The van der Waals surface area contributed by atoms with Gasteiger partial charge in [0.15, 0.2) is 0 Å². The van der Waals surface area contributed by atoms with E-state index in [1.165, 1.54) is 12.1 Å². The summed E-state index contributed by atoms with van der Waals surface area (Å²) in [5.74, 6) is -1.18. The number of hydrogen-bond acceptors (Lipinski definition) is 4. The van der Waals surface area contributed by atoms with Gasteiger partial charge in [-0.3, -0.25) is 4.79 Å². The van der Waals surface area contributed by atoms with Gasteiger partial charge < -0.3 is 20.5 Å². The number of benzene rings is 1. The number of carboxylic acids is 1. The molecule has 1 saturated heterocycles. The number of rotatable bonds is 4. The van der Waals surface area contributed by atoms with Crippen LogP contribution >= 0.6 is 0 Å². The van der Waals surface area contributed by atoms with Crippen molar-refractivity contribution >= 4 is 17.6 Å². The summed E-state index contributed by atoms with van der Waals surface area (Å²) < 4.78 is 5.26. The van der Waals surface area contributed by atoms with Crippen LogP contribution in [0.1, 0.15) is 16.8 Å². The summed E-state index contributed by atoms with van der Waals surface area (Å²) in [6, 6.07) is 6.19. The third-order valence-electron chi connectivity index (χ3n) is 2.82. The molecule has 2 rings (SSSR count). The van der Waals surface area contributed by atoms with Crippen LogP contribution in [-0.4, -0.2) is 42.8 Å². The number of nitrogens with one attached hydrogen (secondary N) is 2. The van der Waals surface area contributed by atoms with Crippen molar-refractivity contribution in [2.75, 3.05) is 25.1 Å². The molecule has 1 aromatic rings. The molecule has 0 saturated carbocycles. The minimum atomic E-state index is -1.02. The molecule has 1 aliphatic heterocycles. The first-order valence-corrected chi connectivity index (χ1v) is 6.09. The minimum absolute atomic E-state index is 0.0106. The molecule has 0 aromatic heterocycles. The van der Waals surface area contributed by atoms with Crippen molar-refractivity contribution in [3.63, 3.8) is 0 Å². The van der Waals surface area contributed by atoms with E-state index < -0.39 is 5.97 Å². The summed E-state index contributed by atoms with van der Waals surface area (Å²) in [6.45, 7) is 1.92. The number of ether oxygens (including phenoxy) is 1. The standard InChI is InChI=1S/C13H16N2O4/c16-12(7-11-8-19-5-4-14-11)15-10-3-1-2-9(6-10)13(17)18/h1-3,6,11,14H,4-5,7-8H2,(H,15,16)(H,17,18). The van der Waals surface area contributed by atoms with Crippen LogP contribution in [0.3, 0.4) is 0 Å². The Bertz CT molecular complexity index is 469. The average Bonchev–Trinajstić information content (AvgIpc) is 2.40. The van der Waals surface area contributed by atoms with E-state index in [-0.39, 0.29) is 17.5 Å². The van der Waals surface area contributed by atoms with Gasteiger partial charge in [-0.1, -0.05) is 6.07 Å². The van der Waals surface area contributed by atoms with Crippen LogP contribution in [0.5, 0.6) is 0 Å². The van der Waals surface area contributed by atoms with Crippen LogP contribution in [0.15, 0.2) is 24.3 Å². The van der Waals surface area contributed by atoms with Gasteiger partial charge in [-0.05, 0) is 18.2 Å². The maximum Gasteiger partial charge on any atom is 0.335 e. The minimum Gasteiger partial charge on any atom is -0.478 e. The normalized spacial score (nSPS) is 18.8. The van der Waals surface area contributed by atoms with E-state index >= 15 is 0 Å². The number of aromatic carboxylic acids is 1. The fourth-order valence-electron chi connectivity index (χ4n) is 1.92. The second-order valence-corrected chi connectivity index (χ2v) is 4.36. The first kappa shape index (κ1) is 13.5. The zero-order valence-electron chi connectivity index (χ0n) is 10.4. The molecule has 6 nitrogen and oxygen atoms in total. The van der Waals surface area contributed by atoms with E-state index in [1.807, 2.05) is 0 Å². The molecule has 1 fully saturated rings. The molecule has 1 aliphatic rings. The number of carbonyl (C=O) groups excluding carboxylic acids is 1. The van der Waals surface area contributed by atoms with Crippen molar-refractivity contribution in [1.82, 2.24) is 5.32 Å². The largest absolute Gasteiger partial charge is 0.478 e. The van der Waals surface area contributed by atoms with Gasteiger partial charge in [0, 0.05) is 24.7 Å². The lowest BCUT2D eigenvalue weighted by atomic mass is 10.1. The van der Waals surface area contributed by atoms with Crippen molar-refractivity contribution in [1.29, 1.82) is 0 Å². The van der Waals surface area contributed by atoms with Gasteiger partial charge in [0.05, 0.1) is 18.8 Å². The predicted octanol–water partition coefficient (Wildman–Crippen LogP) is 0.702. The first-order valence-electron chi connectivity index (χ1n) is 6.09.